The molecule has 0 aliphatic carbocycles. The third kappa shape index (κ3) is 4.45. The molecule has 1 N–H and O–H groups in total. The lowest BCUT2D eigenvalue weighted by Crippen LogP contribution is -2.34. The van der Waals surface area contributed by atoms with Crippen LogP contribution < -0.4 is 0 Å². The first-order valence-corrected chi connectivity index (χ1v) is 8.08. The van der Waals surface area contributed by atoms with Gasteiger partial charge in [-0.05, 0) is 56.0 Å². The van der Waals surface area contributed by atoms with Crippen molar-refractivity contribution in [3.63, 3.8) is 0 Å². The quantitative estimate of drug-likeness (QED) is 0.880. The van der Waals surface area contributed by atoms with Crippen molar-refractivity contribution in [2.75, 3.05) is 19.6 Å². The normalized spacial score (nSPS) is 19.6. The fourth-order valence-electron chi connectivity index (χ4n) is 2.52. The molecule has 1 saturated heterocycles. The molecule has 0 saturated carbocycles. The van der Waals surface area contributed by atoms with E-state index in [0.717, 1.165) is 42.0 Å². The SMILES string of the molecule is CC1CCN(CCC(O)c2ccc(Br)cc2Cl)CC1. The number of benzene rings is 1. The summed E-state index contributed by atoms with van der Waals surface area (Å²) >= 11 is 9.54. The van der Waals surface area contributed by atoms with E-state index in [9.17, 15) is 5.11 Å². The minimum absolute atomic E-state index is 0.472. The predicted molar refractivity (Wildman–Crippen MR) is 83.6 cm³/mol. The minimum Gasteiger partial charge on any atom is -0.388 e. The molecule has 0 spiro atoms. The fourth-order valence-corrected chi connectivity index (χ4v) is 3.32. The zero-order valence-corrected chi connectivity index (χ0v) is 13.6. The lowest BCUT2D eigenvalue weighted by molar-refractivity contribution is 0.125. The van der Waals surface area contributed by atoms with Crippen LogP contribution in [0, 0.1) is 5.92 Å². The molecule has 1 fully saturated rings. The van der Waals surface area contributed by atoms with E-state index >= 15 is 0 Å². The summed E-state index contributed by atoms with van der Waals surface area (Å²) in [5, 5.41) is 10.9. The Bertz CT molecular complexity index is 419. The third-order valence-electron chi connectivity index (χ3n) is 3.92. The van der Waals surface area contributed by atoms with Crippen molar-refractivity contribution in [3.05, 3.63) is 33.3 Å². The monoisotopic (exact) mass is 345 g/mol. The molecule has 1 aromatic rings. The molecule has 1 unspecified atom stereocenters. The molecule has 0 aromatic heterocycles. The van der Waals surface area contributed by atoms with Gasteiger partial charge in [0.1, 0.15) is 0 Å². The molecule has 1 aliphatic rings. The third-order valence-corrected chi connectivity index (χ3v) is 4.74. The summed E-state index contributed by atoms with van der Waals surface area (Å²) < 4.78 is 0.943. The molecular formula is C15H21BrClNO. The highest BCUT2D eigenvalue weighted by Crippen LogP contribution is 2.28. The molecule has 19 heavy (non-hydrogen) atoms. The molecule has 1 aliphatic heterocycles. The zero-order valence-electron chi connectivity index (χ0n) is 11.3. The highest BCUT2D eigenvalue weighted by molar-refractivity contribution is 9.10. The van der Waals surface area contributed by atoms with E-state index in [2.05, 4.69) is 27.8 Å². The number of hydrogen-bond acceptors (Lipinski definition) is 2. The highest BCUT2D eigenvalue weighted by atomic mass is 79.9. The summed E-state index contributed by atoms with van der Waals surface area (Å²) in [6.45, 7) is 5.57. The maximum atomic E-state index is 10.2. The summed E-state index contributed by atoms with van der Waals surface area (Å²) in [5.41, 5.74) is 0.829. The Hall–Kier alpha value is -0.0900. The average molecular weight is 347 g/mol. The van der Waals surface area contributed by atoms with E-state index in [1.54, 1.807) is 0 Å². The van der Waals surface area contributed by atoms with Crippen LogP contribution in [0.2, 0.25) is 5.02 Å². The second kappa shape index (κ2) is 7.07. The first-order chi connectivity index (χ1) is 9.06. The van der Waals surface area contributed by atoms with Crippen molar-refractivity contribution < 1.29 is 5.11 Å². The number of halogens is 2. The van der Waals surface area contributed by atoms with Crippen molar-refractivity contribution in [1.82, 2.24) is 4.90 Å². The van der Waals surface area contributed by atoms with E-state index in [-0.39, 0.29) is 0 Å². The van der Waals surface area contributed by atoms with Crippen LogP contribution in [-0.4, -0.2) is 29.6 Å². The maximum Gasteiger partial charge on any atom is 0.0816 e. The van der Waals surface area contributed by atoms with Crippen LogP contribution >= 0.6 is 27.5 Å². The molecule has 4 heteroatoms. The standard InChI is InChI=1S/C15H21BrClNO/c1-11-4-7-18(8-5-11)9-6-15(19)13-3-2-12(16)10-14(13)17/h2-3,10-11,15,19H,4-9H2,1H3. The summed E-state index contributed by atoms with van der Waals surface area (Å²) in [5.74, 6) is 0.849. The van der Waals surface area contributed by atoms with Gasteiger partial charge in [-0.3, -0.25) is 0 Å². The van der Waals surface area contributed by atoms with Crippen LogP contribution in [-0.2, 0) is 0 Å². The van der Waals surface area contributed by atoms with Crippen LogP contribution in [0.4, 0.5) is 0 Å². The molecule has 1 heterocycles. The van der Waals surface area contributed by atoms with E-state index in [0.29, 0.717) is 5.02 Å². The molecular weight excluding hydrogens is 326 g/mol. The molecule has 106 valence electrons. The second-order valence-electron chi connectivity index (χ2n) is 5.49. The Morgan fingerprint density at radius 1 is 1.42 bits per heavy atom. The van der Waals surface area contributed by atoms with Crippen molar-refractivity contribution >= 4 is 27.5 Å². The molecule has 0 amide bonds. The van der Waals surface area contributed by atoms with Gasteiger partial charge in [0.2, 0.25) is 0 Å². The van der Waals surface area contributed by atoms with E-state index in [1.807, 2.05) is 18.2 Å². The highest BCUT2D eigenvalue weighted by Gasteiger charge is 2.18. The molecule has 1 atom stereocenters. The van der Waals surface area contributed by atoms with Crippen LogP contribution in [0.5, 0.6) is 0 Å². The number of likely N-dealkylation sites (tertiary alicyclic amines) is 1. The molecule has 0 radical (unpaired) electrons. The van der Waals surface area contributed by atoms with E-state index < -0.39 is 6.10 Å². The van der Waals surface area contributed by atoms with Crippen LogP contribution in [0.1, 0.15) is 37.9 Å². The van der Waals surface area contributed by atoms with Gasteiger partial charge in [0.15, 0.2) is 0 Å². The lowest BCUT2D eigenvalue weighted by Gasteiger charge is -2.30. The Balaban J connectivity index is 1.85. The number of aliphatic hydroxyl groups excluding tert-OH is 1. The number of rotatable bonds is 4. The summed E-state index contributed by atoms with van der Waals surface area (Å²) in [6, 6.07) is 5.66. The van der Waals surface area contributed by atoms with Crippen LogP contribution in [0.25, 0.3) is 0 Å². The number of hydrogen-bond donors (Lipinski definition) is 1. The van der Waals surface area contributed by atoms with Crippen molar-refractivity contribution in [3.8, 4) is 0 Å². The Morgan fingerprint density at radius 3 is 2.74 bits per heavy atom. The average Bonchev–Trinajstić information content (AvgIpc) is 2.37. The van der Waals surface area contributed by atoms with Gasteiger partial charge in [-0.15, -0.1) is 0 Å². The van der Waals surface area contributed by atoms with Gasteiger partial charge in [0, 0.05) is 16.0 Å². The van der Waals surface area contributed by atoms with Crippen molar-refractivity contribution in [1.29, 1.82) is 0 Å². The molecule has 2 nitrogen and oxygen atoms in total. The van der Waals surface area contributed by atoms with Gasteiger partial charge < -0.3 is 10.0 Å². The number of nitrogens with zero attached hydrogens (tertiary/aromatic N) is 1. The van der Waals surface area contributed by atoms with Crippen LogP contribution in [0.3, 0.4) is 0 Å². The van der Waals surface area contributed by atoms with Crippen LogP contribution in [0.15, 0.2) is 22.7 Å². The predicted octanol–water partition coefficient (Wildman–Crippen LogP) is 4.26. The topological polar surface area (TPSA) is 23.5 Å². The van der Waals surface area contributed by atoms with Gasteiger partial charge in [-0.1, -0.05) is 40.5 Å². The van der Waals surface area contributed by atoms with Crippen molar-refractivity contribution in [2.24, 2.45) is 5.92 Å². The van der Waals surface area contributed by atoms with Gasteiger partial charge in [-0.25, -0.2) is 0 Å². The van der Waals surface area contributed by atoms with Gasteiger partial charge in [-0.2, -0.15) is 0 Å². The first-order valence-electron chi connectivity index (χ1n) is 6.91. The van der Waals surface area contributed by atoms with E-state index in [1.165, 1.54) is 12.8 Å². The Kier molecular flexibility index (Phi) is 5.70. The Morgan fingerprint density at radius 2 is 2.11 bits per heavy atom. The summed E-state index contributed by atoms with van der Waals surface area (Å²) in [4.78, 5) is 2.44. The first kappa shape index (κ1) is 15.3. The zero-order chi connectivity index (χ0) is 13.8. The Labute approximate surface area is 128 Å². The van der Waals surface area contributed by atoms with Gasteiger partial charge in [0.05, 0.1) is 6.10 Å². The smallest absolute Gasteiger partial charge is 0.0816 e. The molecule has 1 aromatic carbocycles. The minimum atomic E-state index is -0.472. The van der Waals surface area contributed by atoms with Crippen molar-refractivity contribution in [2.45, 2.75) is 32.3 Å². The lowest BCUT2D eigenvalue weighted by atomic mass is 9.98. The maximum absolute atomic E-state index is 10.2. The summed E-state index contributed by atoms with van der Waals surface area (Å²) in [7, 11) is 0. The summed E-state index contributed by atoms with van der Waals surface area (Å²) in [6.07, 6.45) is 2.82. The number of aliphatic hydroxyl groups is 1. The largest absolute Gasteiger partial charge is 0.388 e. The molecule has 0 bridgehead atoms. The van der Waals surface area contributed by atoms with E-state index in [4.69, 9.17) is 11.6 Å². The van der Waals surface area contributed by atoms with Gasteiger partial charge in [0.25, 0.3) is 0 Å². The molecule has 2 rings (SSSR count). The van der Waals surface area contributed by atoms with Gasteiger partial charge >= 0.3 is 0 Å². The fraction of sp³-hybridized carbons (Fsp3) is 0.600. The second-order valence-corrected chi connectivity index (χ2v) is 6.82. The number of piperidine rings is 1.